The highest BCUT2D eigenvalue weighted by Crippen LogP contribution is 2.29. The van der Waals surface area contributed by atoms with Crippen LogP contribution >= 0.6 is 0 Å². The molecule has 0 saturated heterocycles. The molecule has 0 spiro atoms. The lowest BCUT2D eigenvalue weighted by Crippen LogP contribution is -2.35. The highest BCUT2D eigenvalue weighted by atomic mass is 32.2. The molecule has 2 aromatic rings. The third kappa shape index (κ3) is 3.95. The predicted molar refractivity (Wildman–Crippen MR) is 99.0 cm³/mol. The van der Waals surface area contributed by atoms with Gasteiger partial charge >= 0.3 is 0 Å². The summed E-state index contributed by atoms with van der Waals surface area (Å²) < 4.78 is 30.8. The van der Waals surface area contributed by atoms with E-state index >= 15 is 0 Å². The van der Waals surface area contributed by atoms with Gasteiger partial charge in [-0.25, -0.2) is 12.7 Å². The van der Waals surface area contributed by atoms with Crippen molar-refractivity contribution in [3.05, 3.63) is 59.7 Å². The summed E-state index contributed by atoms with van der Waals surface area (Å²) in [6, 6.07) is 13.6. The molecule has 0 fully saturated rings. The highest BCUT2D eigenvalue weighted by Gasteiger charge is 2.40. The quantitative estimate of drug-likeness (QED) is 0.778. The first-order valence-corrected chi connectivity index (χ1v) is 9.93. The maximum atomic E-state index is 12.4. The second-order valence-electron chi connectivity index (χ2n) is 6.08. The van der Waals surface area contributed by atoms with Gasteiger partial charge in [-0.2, -0.15) is 0 Å². The zero-order valence-electron chi connectivity index (χ0n) is 14.8. The second kappa shape index (κ2) is 7.79. The van der Waals surface area contributed by atoms with E-state index in [1.54, 1.807) is 19.2 Å². The highest BCUT2D eigenvalue weighted by molar-refractivity contribution is 7.90. The van der Waals surface area contributed by atoms with Crippen LogP contribution in [0.1, 0.15) is 22.3 Å². The van der Waals surface area contributed by atoms with Gasteiger partial charge in [0.1, 0.15) is 10.6 Å². The Morgan fingerprint density at radius 2 is 1.93 bits per heavy atom. The van der Waals surface area contributed by atoms with E-state index in [2.05, 4.69) is 5.32 Å². The monoisotopic (exact) mass is 388 g/mol. The molecule has 1 aliphatic rings. The number of methoxy groups -OCH3 is 1. The summed E-state index contributed by atoms with van der Waals surface area (Å²) in [5.41, 5.74) is 1.17. The van der Waals surface area contributed by atoms with Crippen molar-refractivity contribution in [2.45, 2.75) is 17.7 Å². The molecule has 3 rings (SSSR count). The van der Waals surface area contributed by atoms with Crippen LogP contribution in [-0.4, -0.2) is 44.7 Å². The molecule has 0 aromatic heterocycles. The summed E-state index contributed by atoms with van der Waals surface area (Å²) in [6.07, 6.45) is 0.534. The molecule has 1 aliphatic heterocycles. The molecule has 0 saturated carbocycles. The molecule has 1 N–H and O–H groups in total. The van der Waals surface area contributed by atoms with Crippen molar-refractivity contribution in [2.24, 2.45) is 0 Å². The molecule has 7 nitrogen and oxygen atoms in total. The number of rotatable bonds is 7. The van der Waals surface area contributed by atoms with Crippen LogP contribution in [0, 0.1) is 0 Å². The minimum Gasteiger partial charge on any atom is -0.497 e. The standard InChI is InChI=1S/C19H20N2O5S/c1-26-15-6-4-5-14(13-15)9-11-20-18(22)10-12-21-19(23)16-7-2-3-8-17(16)27(21,24)25/h2-8,13H,9-12H2,1H3,(H,20,22). The molecule has 0 atom stereocenters. The third-order valence-corrected chi connectivity index (χ3v) is 6.16. The SMILES string of the molecule is COc1cccc(CCNC(=O)CCN2C(=O)c3ccccc3S2(=O)=O)c1. The normalized spacial score (nSPS) is 14.7. The van der Waals surface area contributed by atoms with Gasteiger partial charge in [-0.05, 0) is 36.2 Å². The molecule has 0 unspecified atom stereocenters. The van der Waals surface area contributed by atoms with E-state index in [1.165, 1.54) is 12.1 Å². The van der Waals surface area contributed by atoms with Crippen molar-refractivity contribution in [2.75, 3.05) is 20.2 Å². The fourth-order valence-corrected chi connectivity index (χ4v) is 4.49. The van der Waals surface area contributed by atoms with Crippen LogP contribution in [0.3, 0.4) is 0 Å². The minimum atomic E-state index is -3.87. The van der Waals surface area contributed by atoms with Gasteiger partial charge in [-0.1, -0.05) is 24.3 Å². The number of sulfonamides is 1. The Morgan fingerprint density at radius 1 is 1.15 bits per heavy atom. The van der Waals surface area contributed by atoms with Gasteiger partial charge in [-0.15, -0.1) is 0 Å². The van der Waals surface area contributed by atoms with Crippen molar-refractivity contribution in [1.29, 1.82) is 0 Å². The van der Waals surface area contributed by atoms with Gasteiger partial charge in [0, 0.05) is 19.5 Å². The van der Waals surface area contributed by atoms with Crippen molar-refractivity contribution in [3.8, 4) is 5.75 Å². The summed E-state index contributed by atoms with van der Waals surface area (Å²) in [5.74, 6) is -0.150. The van der Waals surface area contributed by atoms with Crippen LogP contribution in [0.4, 0.5) is 0 Å². The first-order chi connectivity index (χ1) is 12.9. The number of hydrogen-bond acceptors (Lipinski definition) is 5. The molecule has 142 valence electrons. The molecular weight excluding hydrogens is 368 g/mol. The zero-order chi connectivity index (χ0) is 19.4. The first kappa shape index (κ1) is 18.9. The van der Waals surface area contributed by atoms with E-state index in [1.807, 2.05) is 24.3 Å². The number of nitrogens with zero attached hydrogens (tertiary/aromatic N) is 1. The molecule has 2 aromatic carbocycles. The zero-order valence-corrected chi connectivity index (χ0v) is 15.7. The predicted octanol–water partition coefficient (Wildman–Crippen LogP) is 1.59. The number of amides is 2. The number of nitrogens with one attached hydrogen (secondary N) is 1. The average Bonchev–Trinajstić information content (AvgIpc) is 2.86. The Balaban J connectivity index is 1.52. The number of fused-ring (bicyclic) bond motifs is 1. The summed E-state index contributed by atoms with van der Waals surface area (Å²) in [4.78, 5) is 24.3. The Bertz CT molecular complexity index is 972. The fraction of sp³-hybridized carbons (Fsp3) is 0.263. The number of carbonyl (C=O) groups excluding carboxylic acids is 2. The molecule has 2 amide bonds. The van der Waals surface area contributed by atoms with Gasteiger partial charge in [0.05, 0.1) is 12.7 Å². The summed E-state index contributed by atoms with van der Waals surface area (Å²) in [6.45, 7) is 0.230. The number of carbonyl (C=O) groups is 2. The topological polar surface area (TPSA) is 92.8 Å². The minimum absolute atomic E-state index is 0.00608. The Kier molecular flexibility index (Phi) is 5.46. The van der Waals surface area contributed by atoms with E-state index in [0.29, 0.717) is 13.0 Å². The van der Waals surface area contributed by atoms with E-state index < -0.39 is 15.9 Å². The van der Waals surface area contributed by atoms with Crippen LogP contribution in [0.2, 0.25) is 0 Å². The number of hydrogen-bond donors (Lipinski definition) is 1. The van der Waals surface area contributed by atoms with Gasteiger partial charge < -0.3 is 10.1 Å². The second-order valence-corrected chi connectivity index (χ2v) is 7.91. The van der Waals surface area contributed by atoms with Crippen molar-refractivity contribution < 1.29 is 22.7 Å². The fourth-order valence-electron chi connectivity index (χ4n) is 2.92. The van der Waals surface area contributed by atoms with Crippen LogP contribution in [0.5, 0.6) is 5.75 Å². The van der Waals surface area contributed by atoms with Crippen LogP contribution in [0.15, 0.2) is 53.4 Å². The van der Waals surface area contributed by atoms with Gasteiger partial charge in [-0.3, -0.25) is 9.59 Å². The smallest absolute Gasteiger partial charge is 0.269 e. The van der Waals surface area contributed by atoms with Gasteiger partial charge in [0.2, 0.25) is 5.91 Å². The van der Waals surface area contributed by atoms with Crippen LogP contribution in [-0.2, 0) is 21.2 Å². The number of ether oxygens (including phenoxy) is 1. The van der Waals surface area contributed by atoms with Crippen molar-refractivity contribution in [3.63, 3.8) is 0 Å². The Morgan fingerprint density at radius 3 is 2.67 bits per heavy atom. The first-order valence-electron chi connectivity index (χ1n) is 8.49. The van der Waals surface area contributed by atoms with Crippen LogP contribution in [0.25, 0.3) is 0 Å². The molecule has 1 heterocycles. The van der Waals surface area contributed by atoms with E-state index in [0.717, 1.165) is 15.6 Å². The third-order valence-electron chi connectivity index (χ3n) is 4.32. The number of benzene rings is 2. The maximum absolute atomic E-state index is 12.4. The van der Waals surface area contributed by atoms with Crippen molar-refractivity contribution in [1.82, 2.24) is 9.62 Å². The van der Waals surface area contributed by atoms with E-state index in [9.17, 15) is 18.0 Å². The van der Waals surface area contributed by atoms with Gasteiger partial charge in [0.25, 0.3) is 15.9 Å². The Labute approximate surface area is 158 Å². The summed E-state index contributed by atoms with van der Waals surface area (Å²) in [7, 11) is -2.28. The van der Waals surface area contributed by atoms with E-state index in [4.69, 9.17) is 4.74 Å². The lowest BCUT2D eigenvalue weighted by molar-refractivity contribution is -0.121. The largest absolute Gasteiger partial charge is 0.497 e. The lowest BCUT2D eigenvalue weighted by atomic mass is 10.1. The molecule has 0 bridgehead atoms. The average molecular weight is 388 g/mol. The molecule has 27 heavy (non-hydrogen) atoms. The maximum Gasteiger partial charge on any atom is 0.269 e. The molecule has 8 heteroatoms. The molecular formula is C19H20N2O5S. The lowest BCUT2D eigenvalue weighted by Gasteiger charge is -2.14. The summed E-state index contributed by atoms with van der Waals surface area (Å²) in [5, 5.41) is 2.74. The molecule has 0 radical (unpaired) electrons. The van der Waals surface area contributed by atoms with Crippen molar-refractivity contribution >= 4 is 21.8 Å². The summed E-state index contributed by atoms with van der Waals surface area (Å²) >= 11 is 0. The van der Waals surface area contributed by atoms with Gasteiger partial charge in [0.15, 0.2) is 0 Å². The van der Waals surface area contributed by atoms with E-state index in [-0.39, 0.29) is 29.3 Å². The van der Waals surface area contributed by atoms with Crippen LogP contribution < -0.4 is 10.1 Å². The molecule has 0 aliphatic carbocycles. The Hall–Kier alpha value is -2.87.